The van der Waals surface area contributed by atoms with Crippen molar-refractivity contribution in [1.82, 2.24) is 9.97 Å². The van der Waals surface area contributed by atoms with Gasteiger partial charge in [0.15, 0.2) is 18.1 Å². The molecule has 26 heavy (non-hydrogen) atoms. The molecule has 0 fully saturated rings. The third-order valence-electron chi connectivity index (χ3n) is 3.21. The highest BCUT2D eigenvalue weighted by molar-refractivity contribution is 9.10. The van der Waals surface area contributed by atoms with Crippen molar-refractivity contribution >= 4 is 33.7 Å². The van der Waals surface area contributed by atoms with E-state index in [4.69, 9.17) is 20.9 Å². The second-order valence-corrected chi connectivity index (χ2v) is 5.74. The summed E-state index contributed by atoms with van der Waals surface area (Å²) in [5.74, 6) is 0.0492. The fourth-order valence-corrected chi connectivity index (χ4v) is 2.67. The first kappa shape index (κ1) is 19.3. The van der Waals surface area contributed by atoms with Crippen LogP contribution in [0.5, 0.6) is 11.5 Å². The molecule has 0 radical (unpaired) electrons. The second-order valence-electron chi connectivity index (χ2n) is 4.89. The Hall–Kier alpha value is -3.06. The number of nitriles is 1. The number of halogens is 1. The molecule has 9 nitrogen and oxygen atoms in total. The first-order chi connectivity index (χ1) is 12.4. The van der Waals surface area contributed by atoms with Gasteiger partial charge in [0.1, 0.15) is 17.5 Å². The van der Waals surface area contributed by atoms with Crippen LogP contribution in [0.15, 0.2) is 16.6 Å². The molecule has 0 saturated heterocycles. The van der Waals surface area contributed by atoms with Crippen LogP contribution in [0, 0.1) is 11.3 Å². The highest BCUT2D eigenvalue weighted by atomic mass is 79.9. The third-order valence-corrected chi connectivity index (χ3v) is 3.80. The van der Waals surface area contributed by atoms with Crippen LogP contribution in [-0.2, 0) is 9.53 Å². The molecule has 0 aliphatic rings. The van der Waals surface area contributed by atoms with Crippen LogP contribution in [0.25, 0.3) is 11.3 Å². The second kappa shape index (κ2) is 8.35. The summed E-state index contributed by atoms with van der Waals surface area (Å²) < 4.78 is 16.1. The van der Waals surface area contributed by atoms with Crippen molar-refractivity contribution in [3.63, 3.8) is 0 Å². The van der Waals surface area contributed by atoms with Crippen LogP contribution in [0.1, 0.15) is 12.5 Å². The summed E-state index contributed by atoms with van der Waals surface area (Å²) in [5.41, 5.74) is 12.3. The van der Waals surface area contributed by atoms with Gasteiger partial charge in [-0.3, -0.25) is 0 Å². The number of carbonyl (C=O) groups is 1. The molecule has 10 heteroatoms. The normalized spacial score (nSPS) is 10.1. The molecule has 136 valence electrons. The van der Waals surface area contributed by atoms with Gasteiger partial charge in [0, 0.05) is 5.56 Å². The van der Waals surface area contributed by atoms with E-state index in [9.17, 15) is 10.1 Å². The number of anilines is 2. The Kier molecular flexibility index (Phi) is 6.19. The quantitative estimate of drug-likeness (QED) is 0.666. The lowest BCUT2D eigenvalue weighted by molar-refractivity contribution is -0.142. The van der Waals surface area contributed by atoms with Crippen LogP contribution >= 0.6 is 15.9 Å². The van der Waals surface area contributed by atoms with Crippen molar-refractivity contribution < 1.29 is 19.0 Å². The monoisotopic (exact) mass is 421 g/mol. The summed E-state index contributed by atoms with van der Waals surface area (Å²) in [6, 6.07) is 5.23. The molecule has 0 aliphatic carbocycles. The highest BCUT2D eigenvalue weighted by Crippen LogP contribution is 2.40. The molecule has 1 aromatic heterocycles. The molecule has 2 aromatic rings. The van der Waals surface area contributed by atoms with E-state index in [2.05, 4.69) is 30.6 Å². The first-order valence-corrected chi connectivity index (χ1v) is 8.19. The molecule has 1 aromatic carbocycles. The Bertz CT molecular complexity index is 882. The van der Waals surface area contributed by atoms with Gasteiger partial charge in [-0.05, 0) is 35.0 Å². The minimum atomic E-state index is -0.536. The highest BCUT2D eigenvalue weighted by Gasteiger charge is 2.19. The summed E-state index contributed by atoms with van der Waals surface area (Å²) in [5, 5.41) is 9.35. The Balaban J connectivity index is 2.56. The van der Waals surface area contributed by atoms with Crippen LogP contribution in [0.3, 0.4) is 0 Å². The predicted molar refractivity (Wildman–Crippen MR) is 97.4 cm³/mol. The van der Waals surface area contributed by atoms with Gasteiger partial charge in [-0.15, -0.1) is 0 Å². The lowest BCUT2D eigenvalue weighted by Crippen LogP contribution is -2.13. The van der Waals surface area contributed by atoms with Gasteiger partial charge < -0.3 is 25.7 Å². The maximum atomic E-state index is 11.3. The number of nitrogens with two attached hydrogens (primary N) is 2. The van der Waals surface area contributed by atoms with Crippen LogP contribution in [0.2, 0.25) is 0 Å². The van der Waals surface area contributed by atoms with Crippen LogP contribution in [0.4, 0.5) is 11.8 Å². The molecule has 0 atom stereocenters. The number of esters is 1. The van der Waals surface area contributed by atoms with Crippen LogP contribution < -0.4 is 20.9 Å². The third kappa shape index (κ3) is 4.12. The number of aromatic nitrogens is 2. The lowest BCUT2D eigenvalue weighted by Gasteiger charge is -2.15. The number of benzene rings is 1. The fourth-order valence-electron chi connectivity index (χ4n) is 2.11. The maximum Gasteiger partial charge on any atom is 0.343 e. The first-order valence-electron chi connectivity index (χ1n) is 7.40. The number of nitrogen functional groups attached to an aromatic ring is 2. The fraction of sp³-hybridized carbons (Fsp3) is 0.250. The lowest BCUT2D eigenvalue weighted by atomic mass is 10.1. The summed E-state index contributed by atoms with van der Waals surface area (Å²) in [4.78, 5) is 19.2. The Morgan fingerprint density at radius 3 is 2.65 bits per heavy atom. The van der Waals surface area contributed by atoms with E-state index in [1.165, 1.54) is 7.11 Å². The zero-order valence-corrected chi connectivity index (χ0v) is 15.7. The molecule has 0 amide bonds. The minimum Gasteiger partial charge on any atom is -0.490 e. The summed E-state index contributed by atoms with van der Waals surface area (Å²) in [6.45, 7) is 1.86. The minimum absolute atomic E-state index is 0.0184. The standard InChI is InChI=1S/C16H16BrN5O4/c1-3-25-11-5-8(4-10(17)14(11)26-7-12(23)24-2)13-9(6-18)15(19)22-16(20)21-13/h4-5H,3,7H2,1-2H3,(H4,19,20,21,22). The zero-order chi connectivity index (χ0) is 19.3. The maximum absolute atomic E-state index is 11.3. The molecular formula is C16H16BrN5O4. The van der Waals surface area contributed by atoms with Gasteiger partial charge >= 0.3 is 5.97 Å². The SMILES string of the molecule is CCOc1cc(-c2nc(N)nc(N)c2C#N)cc(Br)c1OCC(=O)OC. The Morgan fingerprint density at radius 2 is 2.04 bits per heavy atom. The number of rotatable bonds is 6. The van der Waals surface area contributed by atoms with Gasteiger partial charge in [-0.2, -0.15) is 10.2 Å². The summed E-state index contributed by atoms with van der Waals surface area (Å²) in [7, 11) is 1.26. The number of ether oxygens (including phenoxy) is 3. The number of nitrogens with zero attached hydrogens (tertiary/aromatic N) is 3. The summed E-state index contributed by atoms with van der Waals surface area (Å²) >= 11 is 3.37. The van der Waals surface area contributed by atoms with Crippen molar-refractivity contribution in [3.05, 3.63) is 22.2 Å². The molecule has 1 heterocycles. The van der Waals surface area contributed by atoms with Crippen molar-refractivity contribution in [1.29, 1.82) is 5.26 Å². The number of hydrogen-bond donors (Lipinski definition) is 2. The van der Waals surface area contributed by atoms with E-state index in [1.807, 2.05) is 6.07 Å². The van der Waals surface area contributed by atoms with Crippen molar-refractivity contribution in [2.45, 2.75) is 6.92 Å². The average molecular weight is 422 g/mol. The molecule has 4 N–H and O–H groups in total. The average Bonchev–Trinajstić information content (AvgIpc) is 2.60. The number of methoxy groups -OCH3 is 1. The van der Waals surface area contributed by atoms with E-state index >= 15 is 0 Å². The van der Waals surface area contributed by atoms with Crippen molar-refractivity contribution in [2.24, 2.45) is 0 Å². The van der Waals surface area contributed by atoms with Crippen molar-refractivity contribution in [3.8, 4) is 28.8 Å². The molecule has 0 saturated carbocycles. The summed E-state index contributed by atoms with van der Waals surface area (Å²) in [6.07, 6.45) is 0. The largest absolute Gasteiger partial charge is 0.490 e. The zero-order valence-electron chi connectivity index (χ0n) is 14.1. The van der Waals surface area contributed by atoms with E-state index in [0.29, 0.717) is 28.1 Å². The smallest absolute Gasteiger partial charge is 0.343 e. The van der Waals surface area contributed by atoms with Gasteiger partial charge in [-0.25, -0.2) is 9.78 Å². The Morgan fingerprint density at radius 1 is 1.31 bits per heavy atom. The van der Waals surface area contributed by atoms with E-state index in [0.717, 1.165) is 0 Å². The van der Waals surface area contributed by atoms with E-state index in [1.54, 1.807) is 19.1 Å². The number of carbonyl (C=O) groups excluding carboxylic acids is 1. The Labute approximate surface area is 158 Å². The van der Waals surface area contributed by atoms with Gasteiger partial charge in [-0.1, -0.05) is 0 Å². The van der Waals surface area contributed by atoms with E-state index < -0.39 is 5.97 Å². The predicted octanol–water partition coefficient (Wildman–Crippen LogP) is 1.89. The van der Waals surface area contributed by atoms with Gasteiger partial charge in [0.2, 0.25) is 5.95 Å². The molecule has 0 unspecified atom stereocenters. The van der Waals surface area contributed by atoms with Crippen molar-refractivity contribution in [2.75, 3.05) is 31.8 Å². The molecule has 0 spiro atoms. The molecule has 2 rings (SSSR count). The molecule has 0 aliphatic heterocycles. The number of hydrogen-bond acceptors (Lipinski definition) is 9. The molecular weight excluding hydrogens is 406 g/mol. The van der Waals surface area contributed by atoms with Crippen LogP contribution in [-0.4, -0.2) is 36.3 Å². The topological polar surface area (TPSA) is 146 Å². The van der Waals surface area contributed by atoms with E-state index in [-0.39, 0.29) is 29.6 Å². The van der Waals surface area contributed by atoms with Gasteiger partial charge in [0.25, 0.3) is 0 Å². The van der Waals surface area contributed by atoms with Gasteiger partial charge in [0.05, 0.1) is 23.9 Å². The molecule has 0 bridgehead atoms.